The summed E-state index contributed by atoms with van der Waals surface area (Å²) in [5, 5.41) is 3.32. The minimum absolute atomic E-state index is 0.0429. The lowest BCUT2D eigenvalue weighted by molar-refractivity contribution is -0.131. The Morgan fingerprint density at radius 2 is 1.64 bits per heavy atom. The average molecular weight is 299 g/mol. The largest absolute Gasteiger partial charge is 0.481 e. The zero-order valence-electron chi connectivity index (χ0n) is 13.2. The quantitative estimate of drug-likeness (QED) is 0.925. The second kappa shape index (κ2) is 5.60. The number of carbonyl (C=O) groups is 1. The van der Waals surface area contributed by atoms with Crippen molar-refractivity contribution >= 4 is 5.91 Å². The van der Waals surface area contributed by atoms with Crippen molar-refractivity contribution in [2.24, 2.45) is 23.7 Å². The summed E-state index contributed by atoms with van der Waals surface area (Å²) in [7, 11) is 0. The normalized spacial score (nSPS) is 36.9. The van der Waals surface area contributed by atoms with Crippen molar-refractivity contribution in [1.29, 1.82) is 0 Å². The molecule has 3 nitrogen and oxygen atoms in total. The number of hydrogen-bond acceptors (Lipinski definition) is 2. The first-order valence-corrected chi connectivity index (χ1v) is 8.71. The first-order chi connectivity index (χ1) is 10.7. The van der Waals surface area contributed by atoms with E-state index in [4.69, 9.17) is 4.74 Å². The summed E-state index contributed by atoms with van der Waals surface area (Å²) in [6.07, 6.45) is 6.32. The van der Waals surface area contributed by atoms with E-state index in [2.05, 4.69) is 5.32 Å². The number of amides is 1. The first kappa shape index (κ1) is 14.1. The molecular weight excluding hydrogens is 274 g/mol. The molecule has 1 N–H and O–H groups in total. The lowest BCUT2D eigenvalue weighted by Gasteiger charge is -2.54. The van der Waals surface area contributed by atoms with E-state index in [9.17, 15) is 4.79 Å². The van der Waals surface area contributed by atoms with Crippen LogP contribution in [0.5, 0.6) is 5.75 Å². The van der Waals surface area contributed by atoms with Gasteiger partial charge < -0.3 is 10.1 Å². The highest BCUT2D eigenvalue weighted by atomic mass is 16.5. The molecular formula is C19H25NO2. The first-order valence-electron chi connectivity index (χ1n) is 8.71. The zero-order valence-corrected chi connectivity index (χ0v) is 13.2. The van der Waals surface area contributed by atoms with E-state index in [-0.39, 0.29) is 5.91 Å². The minimum atomic E-state index is -0.431. The van der Waals surface area contributed by atoms with Gasteiger partial charge in [-0.25, -0.2) is 0 Å². The van der Waals surface area contributed by atoms with Gasteiger partial charge in [0.15, 0.2) is 6.10 Å². The molecule has 5 rings (SSSR count). The van der Waals surface area contributed by atoms with Crippen molar-refractivity contribution in [2.75, 3.05) is 0 Å². The fraction of sp³-hybridized carbons (Fsp3) is 0.632. The molecule has 4 saturated carbocycles. The van der Waals surface area contributed by atoms with Crippen molar-refractivity contribution in [3.05, 3.63) is 30.3 Å². The van der Waals surface area contributed by atoms with Gasteiger partial charge >= 0.3 is 0 Å². The number of ether oxygens (including phenoxy) is 1. The van der Waals surface area contributed by atoms with Crippen LogP contribution in [0.15, 0.2) is 30.3 Å². The molecule has 0 saturated heterocycles. The summed E-state index contributed by atoms with van der Waals surface area (Å²) in [6.45, 7) is 1.85. The summed E-state index contributed by atoms with van der Waals surface area (Å²) in [4.78, 5) is 12.5. The molecule has 22 heavy (non-hydrogen) atoms. The molecule has 1 atom stereocenters. The molecule has 0 heterocycles. The predicted octanol–water partition coefficient (Wildman–Crippen LogP) is 3.39. The van der Waals surface area contributed by atoms with Crippen molar-refractivity contribution in [2.45, 2.75) is 51.2 Å². The van der Waals surface area contributed by atoms with Crippen molar-refractivity contribution in [3.8, 4) is 5.75 Å². The van der Waals surface area contributed by atoms with E-state index >= 15 is 0 Å². The van der Waals surface area contributed by atoms with E-state index in [1.165, 1.54) is 32.1 Å². The maximum Gasteiger partial charge on any atom is 0.261 e. The van der Waals surface area contributed by atoms with Crippen LogP contribution in [0.2, 0.25) is 0 Å². The maximum atomic E-state index is 12.5. The number of hydrogen-bond donors (Lipinski definition) is 1. The molecule has 118 valence electrons. The summed E-state index contributed by atoms with van der Waals surface area (Å²) >= 11 is 0. The molecule has 1 aromatic rings. The lowest BCUT2D eigenvalue weighted by atomic mass is 9.54. The van der Waals surface area contributed by atoms with Gasteiger partial charge in [-0.1, -0.05) is 18.2 Å². The van der Waals surface area contributed by atoms with Gasteiger partial charge in [0, 0.05) is 6.04 Å². The molecule has 0 aromatic heterocycles. The summed E-state index contributed by atoms with van der Waals surface area (Å²) in [6, 6.07) is 9.99. The predicted molar refractivity (Wildman–Crippen MR) is 85.5 cm³/mol. The Bertz CT molecular complexity index is 514. The molecule has 4 bridgehead atoms. The third-order valence-electron chi connectivity index (χ3n) is 5.96. The van der Waals surface area contributed by atoms with Crippen molar-refractivity contribution in [3.63, 3.8) is 0 Å². The third kappa shape index (κ3) is 2.62. The Labute approximate surface area is 132 Å². The smallest absolute Gasteiger partial charge is 0.261 e. The van der Waals surface area contributed by atoms with Crippen LogP contribution in [-0.4, -0.2) is 18.1 Å². The second-order valence-electron chi connectivity index (χ2n) is 7.54. The van der Waals surface area contributed by atoms with Crippen LogP contribution in [0.4, 0.5) is 0 Å². The number of rotatable bonds is 4. The highest BCUT2D eigenvalue weighted by Gasteiger charge is 2.48. The standard InChI is InChI=1S/C19H25NO2/c1-12(22-17-5-3-2-4-6-17)19(21)20-18-15-8-13-7-14(10-15)11-16(18)9-13/h2-6,12-16,18H,7-11H2,1H3,(H,20,21)/t12-,13?,14?,15?,16?,18?/m1/s1. The lowest BCUT2D eigenvalue weighted by Crippen LogP contribution is -2.57. The third-order valence-corrected chi connectivity index (χ3v) is 5.96. The van der Waals surface area contributed by atoms with Crippen molar-refractivity contribution in [1.82, 2.24) is 5.32 Å². The molecule has 0 unspecified atom stereocenters. The number of carbonyl (C=O) groups excluding carboxylic acids is 1. The topological polar surface area (TPSA) is 38.3 Å². The van der Waals surface area contributed by atoms with Gasteiger partial charge in [-0.15, -0.1) is 0 Å². The fourth-order valence-electron chi connectivity index (χ4n) is 5.20. The summed E-state index contributed by atoms with van der Waals surface area (Å²) in [5.74, 6) is 4.10. The van der Waals surface area contributed by atoms with E-state index < -0.39 is 6.10 Å². The van der Waals surface area contributed by atoms with Crippen LogP contribution in [0, 0.1) is 23.7 Å². The summed E-state index contributed by atoms with van der Waals surface area (Å²) in [5.41, 5.74) is 0. The van der Waals surface area contributed by atoms with E-state index in [0.29, 0.717) is 17.9 Å². The van der Waals surface area contributed by atoms with Gasteiger partial charge in [-0.05, 0) is 74.8 Å². The molecule has 1 amide bonds. The number of para-hydroxylation sites is 1. The van der Waals surface area contributed by atoms with Gasteiger partial charge in [-0.2, -0.15) is 0 Å². The Kier molecular flexibility index (Phi) is 3.59. The second-order valence-corrected chi connectivity index (χ2v) is 7.54. The zero-order chi connectivity index (χ0) is 15.1. The molecule has 4 aliphatic rings. The van der Waals surface area contributed by atoms with E-state index in [1.54, 1.807) is 0 Å². The van der Waals surface area contributed by atoms with Crippen LogP contribution in [0.1, 0.15) is 39.0 Å². The van der Waals surface area contributed by atoms with E-state index in [0.717, 1.165) is 17.6 Å². The van der Waals surface area contributed by atoms with Gasteiger partial charge in [0.05, 0.1) is 0 Å². The Hall–Kier alpha value is -1.51. The van der Waals surface area contributed by atoms with Gasteiger partial charge in [0.1, 0.15) is 5.75 Å². The monoisotopic (exact) mass is 299 g/mol. The Balaban J connectivity index is 1.37. The highest BCUT2D eigenvalue weighted by Crippen LogP contribution is 2.53. The van der Waals surface area contributed by atoms with Crippen LogP contribution in [0.25, 0.3) is 0 Å². The maximum absolute atomic E-state index is 12.5. The average Bonchev–Trinajstić information content (AvgIpc) is 2.51. The van der Waals surface area contributed by atoms with Gasteiger partial charge in [0.2, 0.25) is 0 Å². The number of benzene rings is 1. The molecule has 0 spiro atoms. The molecule has 4 fully saturated rings. The van der Waals surface area contributed by atoms with Crippen LogP contribution < -0.4 is 10.1 Å². The van der Waals surface area contributed by atoms with Gasteiger partial charge in [-0.3, -0.25) is 4.79 Å². The SMILES string of the molecule is C[C@@H](Oc1ccccc1)C(=O)NC1C2CC3CC(C2)CC1C3. The Morgan fingerprint density at radius 1 is 1.05 bits per heavy atom. The van der Waals surface area contributed by atoms with Crippen LogP contribution in [0.3, 0.4) is 0 Å². The molecule has 4 aliphatic carbocycles. The minimum Gasteiger partial charge on any atom is -0.481 e. The summed E-state index contributed by atoms with van der Waals surface area (Å²) < 4.78 is 5.76. The Morgan fingerprint density at radius 3 is 2.23 bits per heavy atom. The molecule has 0 aliphatic heterocycles. The van der Waals surface area contributed by atoms with Crippen LogP contribution in [-0.2, 0) is 4.79 Å². The van der Waals surface area contributed by atoms with E-state index in [1.807, 2.05) is 37.3 Å². The van der Waals surface area contributed by atoms with Crippen LogP contribution >= 0.6 is 0 Å². The van der Waals surface area contributed by atoms with Gasteiger partial charge in [0.25, 0.3) is 5.91 Å². The molecule has 1 aromatic carbocycles. The van der Waals surface area contributed by atoms with Crippen molar-refractivity contribution < 1.29 is 9.53 Å². The fourth-order valence-corrected chi connectivity index (χ4v) is 5.20. The number of nitrogens with one attached hydrogen (secondary N) is 1. The molecule has 0 radical (unpaired) electrons. The highest BCUT2D eigenvalue weighted by molar-refractivity contribution is 5.81. The molecule has 3 heteroatoms.